The van der Waals surface area contributed by atoms with Crippen molar-refractivity contribution in [3.8, 4) is 17.1 Å². The van der Waals surface area contributed by atoms with Crippen molar-refractivity contribution in [3.63, 3.8) is 0 Å². The lowest BCUT2D eigenvalue weighted by atomic mass is 10.0. The number of benzene rings is 2. The molecule has 0 saturated carbocycles. The van der Waals surface area contributed by atoms with E-state index in [1.807, 2.05) is 66.7 Å². The zero-order valence-electron chi connectivity index (χ0n) is 23.0. The van der Waals surface area contributed by atoms with Crippen LogP contribution < -0.4 is 10.8 Å². The molecule has 1 fully saturated rings. The van der Waals surface area contributed by atoms with Crippen LogP contribution in [0.5, 0.6) is 0 Å². The number of nitrogens with one attached hydrogen (secondary N) is 2. The zero-order chi connectivity index (χ0) is 29.1. The van der Waals surface area contributed by atoms with Gasteiger partial charge in [0.15, 0.2) is 5.82 Å². The van der Waals surface area contributed by atoms with Gasteiger partial charge in [-0.1, -0.05) is 60.7 Å². The third-order valence-corrected chi connectivity index (χ3v) is 6.81. The lowest BCUT2D eigenvalue weighted by Crippen LogP contribution is -2.49. The molecule has 42 heavy (non-hydrogen) atoms. The summed E-state index contributed by atoms with van der Waals surface area (Å²) in [6, 6.07) is 22.7. The maximum absolute atomic E-state index is 13.6. The summed E-state index contributed by atoms with van der Waals surface area (Å²) in [5.74, 6) is -2.04. The molecule has 1 aliphatic rings. The standard InChI is InChI=1S/C31H32N6O5/c38-28(31(40)35-42-21-18-36-16-19-41-20-17-36)27(22-23-8-3-1-4-9-23)33-30(39)25-12-7-14-32-29(25)37-15-13-26(34-37)24-10-5-2-6-11-24/h1-15,27H,16-22H2,(H,33,39)(H,35,40)/t27-/m0/s1. The van der Waals surface area contributed by atoms with E-state index >= 15 is 0 Å². The quantitative estimate of drug-likeness (QED) is 0.151. The number of ketones is 1. The first-order chi connectivity index (χ1) is 20.6. The number of ether oxygens (including phenoxy) is 1. The van der Waals surface area contributed by atoms with Crippen LogP contribution in [-0.4, -0.2) is 82.8 Å². The van der Waals surface area contributed by atoms with Gasteiger partial charge in [0, 0.05) is 44.0 Å². The monoisotopic (exact) mass is 568 g/mol. The van der Waals surface area contributed by atoms with Crippen LogP contribution in [0.25, 0.3) is 17.1 Å². The van der Waals surface area contributed by atoms with Gasteiger partial charge in [0.25, 0.3) is 5.91 Å². The summed E-state index contributed by atoms with van der Waals surface area (Å²) in [4.78, 5) is 51.4. The Bertz CT molecular complexity index is 1490. The predicted octanol–water partition coefficient (Wildman–Crippen LogP) is 2.22. The van der Waals surface area contributed by atoms with Crippen LogP contribution in [0.2, 0.25) is 0 Å². The van der Waals surface area contributed by atoms with Crippen LogP contribution in [0.15, 0.2) is 91.3 Å². The molecule has 4 aromatic rings. The normalized spacial score (nSPS) is 14.2. The van der Waals surface area contributed by atoms with Crippen LogP contribution in [0.1, 0.15) is 15.9 Å². The number of morpholine rings is 1. The number of Topliss-reactive ketones (excluding diaryl/α,β-unsaturated/α-hetero) is 1. The number of hydrogen-bond donors (Lipinski definition) is 2. The van der Waals surface area contributed by atoms with Gasteiger partial charge >= 0.3 is 5.91 Å². The summed E-state index contributed by atoms with van der Waals surface area (Å²) in [6.45, 7) is 3.67. The van der Waals surface area contributed by atoms with Gasteiger partial charge in [-0.25, -0.2) is 15.1 Å². The molecule has 1 aliphatic heterocycles. The number of rotatable bonds is 12. The largest absolute Gasteiger partial charge is 0.379 e. The Kier molecular flexibility index (Phi) is 9.78. The molecule has 0 aliphatic carbocycles. The van der Waals surface area contributed by atoms with Crippen molar-refractivity contribution in [1.82, 2.24) is 30.5 Å². The molecule has 2 aromatic heterocycles. The van der Waals surface area contributed by atoms with Crippen molar-refractivity contribution in [2.45, 2.75) is 12.5 Å². The molecule has 11 heteroatoms. The summed E-state index contributed by atoms with van der Waals surface area (Å²) in [5.41, 5.74) is 4.85. The van der Waals surface area contributed by atoms with E-state index in [0.29, 0.717) is 25.6 Å². The Morgan fingerprint density at radius 3 is 2.43 bits per heavy atom. The van der Waals surface area contributed by atoms with E-state index in [1.165, 1.54) is 4.68 Å². The molecule has 11 nitrogen and oxygen atoms in total. The second-order valence-electron chi connectivity index (χ2n) is 9.70. The number of carbonyl (C=O) groups is 3. The Morgan fingerprint density at radius 2 is 1.67 bits per heavy atom. The van der Waals surface area contributed by atoms with Gasteiger partial charge in [-0.15, -0.1) is 0 Å². The van der Waals surface area contributed by atoms with E-state index in [4.69, 9.17) is 9.57 Å². The van der Waals surface area contributed by atoms with Gasteiger partial charge in [0.1, 0.15) is 6.04 Å². The summed E-state index contributed by atoms with van der Waals surface area (Å²) in [6.07, 6.45) is 3.39. The van der Waals surface area contributed by atoms with E-state index in [9.17, 15) is 14.4 Å². The molecule has 0 spiro atoms. The van der Waals surface area contributed by atoms with E-state index < -0.39 is 23.6 Å². The van der Waals surface area contributed by atoms with Gasteiger partial charge in [-0.05, 0) is 23.8 Å². The molecule has 0 radical (unpaired) electrons. The minimum absolute atomic E-state index is 0.113. The summed E-state index contributed by atoms with van der Waals surface area (Å²) in [5, 5.41) is 7.34. The third kappa shape index (κ3) is 7.52. The molecule has 5 rings (SSSR count). The lowest BCUT2D eigenvalue weighted by molar-refractivity contribution is -0.147. The van der Waals surface area contributed by atoms with Crippen LogP contribution in [0.3, 0.4) is 0 Å². The minimum atomic E-state index is -1.15. The van der Waals surface area contributed by atoms with Crippen LogP contribution in [0.4, 0.5) is 0 Å². The molecule has 2 N–H and O–H groups in total. The molecule has 0 bridgehead atoms. The van der Waals surface area contributed by atoms with Crippen molar-refractivity contribution in [2.75, 3.05) is 39.5 Å². The molecular weight excluding hydrogens is 536 g/mol. The van der Waals surface area contributed by atoms with Gasteiger partial charge in [-0.3, -0.25) is 24.1 Å². The van der Waals surface area contributed by atoms with Gasteiger partial charge in [-0.2, -0.15) is 5.10 Å². The van der Waals surface area contributed by atoms with Crippen molar-refractivity contribution in [3.05, 3.63) is 102 Å². The van der Waals surface area contributed by atoms with Crippen LogP contribution >= 0.6 is 0 Å². The molecule has 216 valence electrons. The van der Waals surface area contributed by atoms with Gasteiger partial charge < -0.3 is 10.1 Å². The van der Waals surface area contributed by atoms with E-state index in [0.717, 1.165) is 29.9 Å². The Labute approximate surface area is 243 Å². The summed E-state index contributed by atoms with van der Waals surface area (Å²) in [7, 11) is 0. The second-order valence-corrected chi connectivity index (χ2v) is 9.70. The Hall–Kier alpha value is -4.71. The van der Waals surface area contributed by atoms with E-state index in [2.05, 4.69) is 25.8 Å². The first kappa shape index (κ1) is 28.8. The summed E-state index contributed by atoms with van der Waals surface area (Å²) >= 11 is 0. The van der Waals surface area contributed by atoms with Crippen molar-refractivity contribution in [2.24, 2.45) is 0 Å². The fraction of sp³-hybridized carbons (Fsp3) is 0.258. The molecule has 2 aromatic carbocycles. The van der Waals surface area contributed by atoms with Crippen LogP contribution in [-0.2, 0) is 25.6 Å². The number of carbonyl (C=O) groups excluding carboxylic acids is 3. The maximum Gasteiger partial charge on any atom is 0.313 e. The number of pyridine rings is 1. The number of aromatic nitrogens is 3. The SMILES string of the molecule is O=C(NOCCN1CCOCC1)C(=O)[C@H](Cc1ccccc1)NC(=O)c1cccnc1-n1ccc(-c2ccccc2)n1. The summed E-state index contributed by atoms with van der Waals surface area (Å²) < 4.78 is 6.84. The minimum Gasteiger partial charge on any atom is -0.379 e. The molecule has 2 amide bonds. The Balaban J connectivity index is 1.28. The zero-order valence-corrected chi connectivity index (χ0v) is 23.0. The first-order valence-corrected chi connectivity index (χ1v) is 13.8. The fourth-order valence-corrected chi connectivity index (χ4v) is 4.58. The first-order valence-electron chi connectivity index (χ1n) is 13.8. The fourth-order valence-electron chi connectivity index (χ4n) is 4.58. The average Bonchev–Trinajstić information content (AvgIpc) is 3.54. The number of hydrogen-bond acceptors (Lipinski definition) is 8. The number of nitrogens with zero attached hydrogens (tertiary/aromatic N) is 4. The molecule has 1 saturated heterocycles. The van der Waals surface area contributed by atoms with E-state index in [-0.39, 0.29) is 18.6 Å². The van der Waals surface area contributed by atoms with Crippen molar-refractivity contribution < 1.29 is 24.0 Å². The molecule has 1 atom stereocenters. The van der Waals surface area contributed by atoms with E-state index in [1.54, 1.807) is 24.5 Å². The van der Waals surface area contributed by atoms with Crippen molar-refractivity contribution in [1.29, 1.82) is 0 Å². The smallest absolute Gasteiger partial charge is 0.313 e. The van der Waals surface area contributed by atoms with Gasteiger partial charge in [0.2, 0.25) is 5.78 Å². The van der Waals surface area contributed by atoms with Gasteiger partial charge in [0.05, 0.1) is 31.1 Å². The molecule has 0 unspecified atom stereocenters. The highest BCUT2D eigenvalue weighted by Crippen LogP contribution is 2.19. The highest BCUT2D eigenvalue weighted by atomic mass is 16.7. The second kappa shape index (κ2) is 14.3. The highest BCUT2D eigenvalue weighted by Gasteiger charge is 2.29. The predicted molar refractivity (Wildman–Crippen MR) is 155 cm³/mol. The van der Waals surface area contributed by atoms with Crippen LogP contribution in [0, 0.1) is 0 Å². The topological polar surface area (TPSA) is 128 Å². The highest BCUT2D eigenvalue weighted by molar-refractivity contribution is 6.38. The Morgan fingerprint density at radius 1 is 0.929 bits per heavy atom. The van der Waals surface area contributed by atoms with Crippen molar-refractivity contribution >= 4 is 17.6 Å². The average molecular weight is 569 g/mol. The molecular formula is C31H32N6O5. The lowest BCUT2D eigenvalue weighted by Gasteiger charge is -2.26. The molecule has 3 heterocycles. The number of hydroxylamine groups is 1. The number of amides is 2. The maximum atomic E-state index is 13.6. The third-order valence-electron chi connectivity index (χ3n) is 6.81.